The van der Waals surface area contributed by atoms with Crippen LogP contribution in [0.1, 0.15) is 13.8 Å². The number of carbonyl (C=O) groups is 2. The van der Waals surface area contributed by atoms with Crippen LogP contribution in [0.3, 0.4) is 0 Å². The molecule has 0 spiro atoms. The predicted molar refractivity (Wildman–Crippen MR) is 53.9 cm³/mol. The fourth-order valence-electron chi connectivity index (χ4n) is 1.38. The highest BCUT2D eigenvalue weighted by atomic mass is 16.7. The molecule has 0 aromatic heterocycles. The quantitative estimate of drug-likeness (QED) is 0.630. The molecular weight excluding hydrogens is 214 g/mol. The largest absolute Gasteiger partial charge is 0.596 e. The van der Waals surface area contributed by atoms with E-state index in [2.05, 4.69) is 0 Å². The van der Waals surface area contributed by atoms with Crippen molar-refractivity contribution in [2.24, 2.45) is 0 Å². The Kier molecular flexibility index (Phi) is 2.80. The minimum Gasteiger partial charge on any atom is -0.518 e. The van der Waals surface area contributed by atoms with Gasteiger partial charge in [0.15, 0.2) is 0 Å². The molecule has 0 aromatic carbocycles. The van der Waals surface area contributed by atoms with Gasteiger partial charge in [-0.05, 0) is 0 Å². The van der Waals surface area contributed by atoms with Crippen LogP contribution >= 0.6 is 0 Å². The lowest BCUT2D eigenvalue weighted by Gasteiger charge is -2.29. The van der Waals surface area contributed by atoms with Gasteiger partial charge in [0.2, 0.25) is 11.5 Å². The summed E-state index contributed by atoms with van der Waals surface area (Å²) >= 11 is 0. The van der Waals surface area contributed by atoms with Crippen LogP contribution in [-0.2, 0) is 28.2 Å². The Morgan fingerprint density at radius 1 is 0.812 bits per heavy atom. The standard InChI is InChI=1S/C8H10B2O6/c1-3-9-13-5-6(7(11)15-9)14-10(4-2)16-8(5)12/h3-4H2,1-2H3. The SMILES string of the molecule is CCB1OC(=O)C2=C(O1)C(=O)OB(CC)O2. The lowest BCUT2D eigenvalue weighted by molar-refractivity contribution is -0.145. The normalized spacial score (nSPS) is 19.6. The third kappa shape index (κ3) is 1.75. The first-order chi connectivity index (χ1) is 7.65. The molecule has 84 valence electrons. The summed E-state index contributed by atoms with van der Waals surface area (Å²) in [6, 6.07) is 0. The molecule has 0 amide bonds. The fraction of sp³-hybridized carbons (Fsp3) is 0.500. The van der Waals surface area contributed by atoms with Gasteiger partial charge in [0.1, 0.15) is 0 Å². The van der Waals surface area contributed by atoms with Gasteiger partial charge in [0, 0.05) is 12.6 Å². The highest BCUT2D eigenvalue weighted by Crippen LogP contribution is 2.26. The molecule has 0 atom stereocenters. The van der Waals surface area contributed by atoms with Crippen molar-refractivity contribution >= 4 is 26.2 Å². The summed E-state index contributed by atoms with van der Waals surface area (Å²) in [5.41, 5.74) is 0. The van der Waals surface area contributed by atoms with Crippen molar-refractivity contribution in [1.82, 2.24) is 0 Å². The first-order valence-corrected chi connectivity index (χ1v) is 5.15. The molecule has 0 saturated carbocycles. The third-order valence-corrected chi connectivity index (χ3v) is 2.22. The van der Waals surface area contributed by atoms with Gasteiger partial charge >= 0.3 is 26.2 Å². The monoisotopic (exact) mass is 224 g/mol. The lowest BCUT2D eigenvalue weighted by atomic mass is 9.82. The van der Waals surface area contributed by atoms with Crippen molar-refractivity contribution in [3.8, 4) is 0 Å². The zero-order valence-corrected chi connectivity index (χ0v) is 9.02. The van der Waals surface area contributed by atoms with E-state index >= 15 is 0 Å². The lowest BCUT2D eigenvalue weighted by Crippen LogP contribution is -2.43. The summed E-state index contributed by atoms with van der Waals surface area (Å²) < 4.78 is 20.1. The maximum atomic E-state index is 11.5. The Balaban J connectivity index is 2.28. The van der Waals surface area contributed by atoms with Crippen molar-refractivity contribution in [1.29, 1.82) is 0 Å². The summed E-state index contributed by atoms with van der Waals surface area (Å²) in [5.74, 6) is -1.73. The zero-order valence-electron chi connectivity index (χ0n) is 9.02. The number of carbonyl (C=O) groups excluding carboxylic acids is 2. The molecule has 2 heterocycles. The predicted octanol–water partition coefficient (Wildman–Crippen LogP) is 0.361. The second-order valence-corrected chi connectivity index (χ2v) is 3.38. The Morgan fingerprint density at radius 3 is 1.50 bits per heavy atom. The molecule has 6 nitrogen and oxygen atoms in total. The molecule has 0 radical (unpaired) electrons. The molecule has 0 saturated heterocycles. The Labute approximate surface area is 93.2 Å². The van der Waals surface area contributed by atoms with Gasteiger partial charge in [0.25, 0.3) is 0 Å². The molecule has 0 bridgehead atoms. The first kappa shape index (κ1) is 10.9. The molecule has 2 rings (SSSR count). The van der Waals surface area contributed by atoms with E-state index in [-0.39, 0.29) is 11.5 Å². The highest BCUT2D eigenvalue weighted by Gasteiger charge is 2.45. The Hall–Kier alpha value is -1.59. The molecule has 0 unspecified atom stereocenters. The van der Waals surface area contributed by atoms with Crippen LogP contribution in [0.5, 0.6) is 0 Å². The van der Waals surface area contributed by atoms with Crippen LogP contribution in [-0.4, -0.2) is 26.2 Å². The summed E-state index contributed by atoms with van der Waals surface area (Å²) in [7, 11) is -1.50. The van der Waals surface area contributed by atoms with Crippen LogP contribution in [0.4, 0.5) is 0 Å². The minimum atomic E-state index is -0.749. The number of rotatable bonds is 2. The highest BCUT2D eigenvalue weighted by molar-refractivity contribution is 6.52. The number of hydrogen-bond acceptors (Lipinski definition) is 6. The Morgan fingerprint density at radius 2 is 1.19 bits per heavy atom. The third-order valence-electron chi connectivity index (χ3n) is 2.22. The average Bonchev–Trinajstić information content (AvgIpc) is 2.29. The van der Waals surface area contributed by atoms with E-state index in [9.17, 15) is 9.59 Å². The van der Waals surface area contributed by atoms with Gasteiger partial charge in [-0.15, -0.1) is 0 Å². The van der Waals surface area contributed by atoms with Crippen LogP contribution in [0.2, 0.25) is 12.6 Å². The van der Waals surface area contributed by atoms with E-state index in [0.717, 1.165) is 0 Å². The van der Waals surface area contributed by atoms with Gasteiger partial charge in [-0.25, -0.2) is 9.59 Å². The molecule has 16 heavy (non-hydrogen) atoms. The summed E-state index contributed by atoms with van der Waals surface area (Å²) in [6.45, 7) is 3.54. The van der Waals surface area contributed by atoms with Crippen LogP contribution < -0.4 is 0 Å². The van der Waals surface area contributed by atoms with Gasteiger partial charge in [-0.1, -0.05) is 13.8 Å². The van der Waals surface area contributed by atoms with Crippen LogP contribution in [0.15, 0.2) is 11.5 Å². The van der Waals surface area contributed by atoms with Gasteiger partial charge in [0.05, 0.1) is 0 Å². The Bertz CT molecular complexity index is 332. The summed E-state index contributed by atoms with van der Waals surface area (Å²) in [5, 5.41) is 0. The zero-order chi connectivity index (χ0) is 11.7. The molecule has 0 fully saturated rings. The van der Waals surface area contributed by atoms with Crippen LogP contribution in [0, 0.1) is 0 Å². The van der Waals surface area contributed by atoms with E-state index in [1.165, 1.54) is 0 Å². The van der Waals surface area contributed by atoms with Gasteiger partial charge < -0.3 is 18.6 Å². The van der Waals surface area contributed by atoms with Crippen molar-refractivity contribution in [2.75, 3.05) is 0 Å². The smallest absolute Gasteiger partial charge is 0.518 e. The molecule has 2 aliphatic heterocycles. The maximum absolute atomic E-state index is 11.5. The fourth-order valence-corrected chi connectivity index (χ4v) is 1.38. The van der Waals surface area contributed by atoms with Gasteiger partial charge in [-0.2, -0.15) is 0 Å². The van der Waals surface area contributed by atoms with Crippen molar-refractivity contribution in [3.63, 3.8) is 0 Å². The number of hydrogen-bond donors (Lipinski definition) is 0. The summed E-state index contributed by atoms with van der Waals surface area (Å²) in [6.07, 6.45) is 0.903. The second-order valence-electron chi connectivity index (χ2n) is 3.38. The maximum Gasteiger partial charge on any atom is 0.596 e. The van der Waals surface area contributed by atoms with E-state index in [1.807, 2.05) is 0 Å². The van der Waals surface area contributed by atoms with Crippen molar-refractivity contribution in [2.45, 2.75) is 26.5 Å². The topological polar surface area (TPSA) is 71.1 Å². The van der Waals surface area contributed by atoms with Gasteiger partial charge in [-0.3, -0.25) is 0 Å². The molecule has 8 heteroatoms. The molecular formula is C8H10B2O6. The molecule has 0 aliphatic carbocycles. The molecule has 2 aliphatic rings. The average molecular weight is 224 g/mol. The van der Waals surface area contributed by atoms with E-state index in [4.69, 9.17) is 18.6 Å². The molecule has 0 aromatic rings. The van der Waals surface area contributed by atoms with Crippen molar-refractivity contribution < 1.29 is 28.2 Å². The van der Waals surface area contributed by atoms with E-state index < -0.39 is 26.2 Å². The second kappa shape index (κ2) is 4.11. The first-order valence-electron chi connectivity index (χ1n) is 5.15. The minimum absolute atomic E-state index is 0.187. The summed E-state index contributed by atoms with van der Waals surface area (Å²) in [4.78, 5) is 23.0. The molecule has 0 N–H and O–H groups in total. The van der Waals surface area contributed by atoms with Crippen molar-refractivity contribution in [3.05, 3.63) is 11.5 Å². The van der Waals surface area contributed by atoms with E-state index in [0.29, 0.717) is 12.6 Å². The van der Waals surface area contributed by atoms with Crippen LogP contribution in [0.25, 0.3) is 0 Å². The van der Waals surface area contributed by atoms with E-state index in [1.54, 1.807) is 13.8 Å².